The summed E-state index contributed by atoms with van der Waals surface area (Å²) in [7, 11) is 1.93. The summed E-state index contributed by atoms with van der Waals surface area (Å²) in [5, 5.41) is 8.45. The molecule has 0 spiro atoms. The highest BCUT2D eigenvalue weighted by atomic mass is 31.0. The summed E-state index contributed by atoms with van der Waals surface area (Å²) in [6.45, 7) is 0.226. The first-order valence-electron chi connectivity index (χ1n) is 8.29. The maximum absolute atomic E-state index is 12.8. The van der Waals surface area contributed by atoms with Gasteiger partial charge in [-0.1, -0.05) is 14.4 Å². The lowest BCUT2D eigenvalue weighted by molar-refractivity contribution is 0.153. The summed E-state index contributed by atoms with van der Waals surface area (Å²) >= 11 is 0. The van der Waals surface area contributed by atoms with Crippen LogP contribution < -0.4 is 10.3 Å². The Morgan fingerprint density at radius 3 is 2.73 bits per heavy atom. The monoisotopic (exact) mass is 373 g/mol. The molecule has 1 aliphatic carbocycles. The van der Waals surface area contributed by atoms with Crippen LogP contribution in [0.3, 0.4) is 0 Å². The molecule has 1 aromatic carbocycles. The fourth-order valence-electron chi connectivity index (χ4n) is 2.67. The van der Waals surface area contributed by atoms with Crippen molar-refractivity contribution in [2.75, 3.05) is 0 Å². The number of benzene rings is 1. The molecule has 1 aliphatic rings. The van der Waals surface area contributed by atoms with Gasteiger partial charge in [0.05, 0.1) is 11.4 Å². The van der Waals surface area contributed by atoms with Crippen molar-refractivity contribution in [3.8, 4) is 17.0 Å². The Bertz CT molecular complexity index is 964. The molecule has 0 aliphatic heterocycles. The highest BCUT2D eigenvalue weighted by Gasteiger charge is 2.27. The molecule has 0 N–H and O–H groups in total. The molecule has 0 radical (unpaired) electrons. The molecule has 0 amide bonds. The third-order valence-corrected chi connectivity index (χ3v) is 4.28. The first kappa shape index (κ1) is 16.9. The van der Waals surface area contributed by atoms with Crippen LogP contribution >= 0.6 is 9.24 Å². The molecule has 2 aromatic heterocycles. The number of aromatic nitrogens is 3. The van der Waals surface area contributed by atoms with Gasteiger partial charge in [-0.15, -0.1) is 0 Å². The minimum Gasteiger partial charge on any atom is -0.457 e. The van der Waals surface area contributed by atoms with Gasteiger partial charge in [0.2, 0.25) is 6.10 Å². The van der Waals surface area contributed by atoms with Crippen LogP contribution in [-0.2, 0) is 6.54 Å². The number of hydrogen-bond donors (Lipinski definition) is 0. The number of rotatable bonds is 6. The third-order valence-electron chi connectivity index (χ3n) is 4.14. The quantitative estimate of drug-likeness (QED) is 0.620. The standard InChI is InChI=1S/C18H17FN3O3P/c19-18(26)24-13-5-3-11(4-6-13)15-7-8-17(23)22(20-15)10-14-9-16(21-25-14)12-1-2-12/h3-9,12,18H,1-2,10,26H2. The predicted octanol–water partition coefficient (Wildman–Crippen LogP) is 3.33. The second-order valence-corrected chi connectivity index (χ2v) is 6.72. The zero-order chi connectivity index (χ0) is 18.1. The van der Waals surface area contributed by atoms with Gasteiger partial charge in [-0.2, -0.15) is 9.49 Å². The molecular weight excluding hydrogens is 356 g/mol. The average molecular weight is 373 g/mol. The van der Waals surface area contributed by atoms with Gasteiger partial charge in [0.15, 0.2) is 5.76 Å². The van der Waals surface area contributed by atoms with Crippen molar-refractivity contribution in [3.05, 3.63) is 64.3 Å². The Kier molecular flexibility index (Phi) is 4.55. The second kappa shape index (κ2) is 7.00. The van der Waals surface area contributed by atoms with Gasteiger partial charge in [0.25, 0.3) is 5.56 Å². The SMILES string of the molecule is O=c1ccc(-c2ccc(OC(F)P)cc2)nn1Cc1cc(C2CC2)no1. The van der Waals surface area contributed by atoms with E-state index in [4.69, 9.17) is 9.26 Å². The summed E-state index contributed by atoms with van der Waals surface area (Å²) in [4.78, 5) is 12.1. The van der Waals surface area contributed by atoms with Crippen LogP contribution in [-0.4, -0.2) is 21.0 Å². The Hall–Kier alpha value is -2.53. The summed E-state index contributed by atoms with van der Waals surface area (Å²) in [6, 6.07) is 11.8. The lowest BCUT2D eigenvalue weighted by Crippen LogP contribution is -2.22. The predicted molar refractivity (Wildman–Crippen MR) is 96.7 cm³/mol. The zero-order valence-electron chi connectivity index (χ0n) is 13.8. The fourth-order valence-corrected chi connectivity index (χ4v) is 2.83. The average Bonchev–Trinajstić information content (AvgIpc) is 3.37. The van der Waals surface area contributed by atoms with Crippen molar-refractivity contribution in [1.82, 2.24) is 14.9 Å². The van der Waals surface area contributed by atoms with Gasteiger partial charge in [0.1, 0.15) is 12.3 Å². The van der Waals surface area contributed by atoms with E-state index in [0.29, 0.717) is 23.1 Å². The van der Waals surface area contributed by atoms with E-state index in [1.54, 1.807) is 30.3 Å². The number of halogens is 1. The molecule has 2 heterocycles. The smallest absolute Gasteiger partial charge is 0.267 e. The van der Waals surface area contributed by atoms with E-state index in [-0.39, 0.29) is 12.1 Å². The van der Waals surface area contributed by atoms with Crippen LogP contribution in [0.5, 0.6) is 5.75 Å². The Labute approximate surface area is 151 Å². The summed E-state index contributed by atoms with van der Waals surface area (Å²) in [5.41, 5.74) is 2.14. The molecule has 2 atom stereocenters. The van der Waals surface area contributed by atoms with Gasteiger partial charge in [-0.25, -0.2) is 4.68 Å². The minimum absolute atomic E-state index is 0.221. The van der Waals surface area contributed by atoms with Gasteiger partial charge in [0, 0.05) is 23.6 Å². The van der Waals surface area contributed by atoms with Gasteiger partial charge >= 0.3 is 0 Å². The van der Waals surface area contributed by atoms with Crippen LogP contribution in [0.2, 0.25) is 0 Å². The van der Waals surface area contributed by atoms with Crippen LogP contribution in [0.15, 0.2) is 51.8 Å². The van der Waals surface area contributed by atoms with Gasteiger partial charge < -0.3 is 9.26 Å². The van der Waals surface area contributed by atoms with E-state index < -0.39 is 6.10 Å². The van der Waals surface area contributed by atoms with Crippen molar-refractivity contribution in [1.29, 1.82) is 0 Å². The van der Waals surface area contributed by atoms with Crippen LogP contribution in [0.1, 0.15) is 30.2 Å². The topological polar surface area (TPSA) is 70.2 Å². The van der Waals surface area contributed by atoms with Crippen LogP contribution in [0, 0.1) is 0 Å². The Morgan fingerprint density at radius 1 is 1.27 bits per heavy atom. The highest BCUT2D eigenvalue weighted by molar-refractivity contribution is 7.16. The molecule has 8 heteroatoms. The number of alkyl halides is 1. The first-order chi connectivity index (χ1) is 12.6. The van der Waals surface area contributed by atoms with Crippen LogP contribution in [0.4, 0.5) is 4.39 Å². The van der Waals surface area contributed by atoms with E-state index in [0.717, 1.165) is 24.1 Å². The molecule has 1 saturated carbocycles. The highest BCUT2D eigenvalue weighted by Crippen LogP contribution is 2.39. The van der Waals surface area contributed by atoms with Crippen molar-refractivity contribution >= 4 is 9.24 Å². The number of nitrogens with zero attached hydrogens (tertiary/aromatic N) is 3. The van der Waals surface area contributed by atoms with Gasteiger partial charge in [-0.05, 0) is 43.2 Å². The van der Waals surface area contributed by atoms with E-state index in [9.17, 15) is 9.18 Å². The number of hydrogen-bond acceptors (Lipinski definition) is 5. The molecule has 26 heavy (non-hydrogen) atoms. The largest absolute Gasteiger partial charge is 0.457 e. The molecule has 0 bridgehead atoms. The Morgan fingerprint density at radius 2 is 2.04 bits per heavy atom. The Balaban J connectivity index is 1.56. The summed E-state index contributed by atoms with van der Waals surface area (Å²) < 4.78 is 24.5. The van der Waals surface area contributed by atoms with Gasteiger partial charge in [-0.3, -0.25) is 4.79 Å². The zero-order valence-corrected chi connectivity index (χ0v) is 15.0. The third kappa shape index (κ3) is 3.83. The summed E-state index contributed by atoms with van der Waals surface area (Å²) in [6.07, 6.45) is 0.821. The molecule has 6 nitrogen and oxygen atoms in total. The lowest BCUT2D eigenvalue weighted by Gasteiger charge is -2.08. The van der Waals surface area contributed by atoms with Crippen molar-refractivity contribution in [2.45, 2.75) is 31.4 Å². The molecule has 0 saturated heterocycles. The maximum atomic E-state index is 12.8. The van der Waals surface area contributed by atoms with Crippen molar-refractivity contribution < 1.29 is 13.7 Å². The minimum atomic E-state index is -1.46. The number of ether oxygens (including phenoxy) is 1. The maximum Gasteiger partial charge on any atom is 0.267 e. The molecule has 4 rings (SSSR count). The molecule has 1 fully saturated rings. The van der Waals surface area contributed by atoms with E-state index in [1.165, 1.54) is 10.7 Å². The molecule has 2 unspecified atom stereocenters. The second-order valence-electron chi connectivity index (χ2n) is 6.20. The fraction of sp³-hybridized carbons (Fsp3) is 0.278. The first-order valence-corrected chi connectivity index (χ1v) is 8.95. The molecule has 134 valence electrons. The van der Waals surface area contributed by atoms with Crippen LogP contribution in [0.25, 0.3) is 11.3 Å². The van der Waals surface area contributed by atoms with E-state index >= 15 is 0 Å². The summed E-state index contributed by atoms with van der Waals surface area (Å²) in [5.74, 6) is 1.52. The molecular formula is C18H17FN3O3P. The normalized spacial score (nSPS) is 15.0. The van der Waals surface area contributed by atoms with Crippen molar-refractivity contribution in [3.63, 3.8) is 0 Å². The van der Waals surface area contributed by atoms with Crippen molar-refractivity contribution in [2.24, 2.45) is 0 Å². The molecule has 3 aromatic rings. The van der Waals surface area contributed by atoms with E-state index in [1.807, 2.05) is 15.3 Å². The van der Waals surface area contributed by atoms with E-state index in [2.05, 4.69) is 10.3 Å². The lowest BCUT2D eigenvalue weighted by atomic mass is 10.1.